The fourth-order valence-electron chi connectivity index (χ4n) is 2.92. The normalized spacial score (nSPS) is 16.7. The van der Waals surface area contributed by atoms with E-state index in [1.807, 2.05) is 0 Å². The van der Waals surface area contributed by atoms with E-state index >= 15 is 0 Å². The Hall–Kier alpha value is -2.48. The van der Waals surface area contributed by atoms with E-state index in [1.165, 1.54) is 57.2 Å². The Bertz CT molecular complexity index is 695. The molecular weight excluding hydrogens is 376 g/mol. The van der Waals surface area contributed by atoms with Crippen LogP contribution in [0.3, 0.4) is 0 Å². The maximum Gasteiger partial charge on any atom is 0.408 e. The average Bonchev–Trinajstić information content (AvgIpc) is 2.57. The Morgan fingerprint density at radius 1 is 1.10 bits per heavy atom. The molecule has 164 valence electrons. The molecule has 1 aliphatic carbocycles. The quantitative estimate of drug-likeness (QED) is 0.479. The summed E-state index contributed by atoms with van der Waals surface area (Å²) in [6, 6.07) is 4.49. The van der Waals surface area contributed by atoms with Crippen molar-refractivity contribution in [3.63, 3.8) is 0 Å². The number of aliphatic carboxylic acids is 1. The van der Waals surface area contributed by atoms with Crippen LogP contribution in [0.2, 0.25) is 0 Å². The molecule has 6 N–H and O–H groups in total. The smallest absolute Gasteiger partial charge is 0.408 e. The molecule has 0 aromatic heterocycles. The molecule has 0 unspecified atom stereocenters. The third-order valence-corrected chi connectivity index (χ3v) is 4.50. The van der Waals surface area contributed by atoms with E-state index in [0.29, 0.717) is 11.6 Å². The van der Waals surface area contributed by atoms with Crippen molar-refractivity contribution in [2.75, 3.05) is 0 Å². The van der Waals surface area contributed by atoms with Gasteiger partial charge in [0.2, 0.25) is 0 Å². The lowest BCUT2D eigenvalue weighted by molar-refractivity contribution is -0.144. The SMILES string of the molecule is CC(C)(C)OC(=O)N[C@@](C)(Cc1ccc(O)c(O)c1)C(=O)O.NC1CCCCC1. The van der Waals surface area contributed by atoms with Crippen molar-refractivity contribution in [2.24, 2.45) is 5.73 Å². The van der Waals surface area contributed by atoms with Crippen molar-refractivity contribution in [1.82, 2.24) is 5.32 Å². The molecule has 29 heavy (non-hydrogen) atoms. The zero-order chi connectivity index (χ0) is 22.2. The minimum atomic E-state index is -1.62. The molecule has 0 radical (unpaired) electrons. The molecule has 1 aromatic carbocycles. The summed E-state index contributed by atoms with van der Waals surface area (Å²) in [5.41, 5.74) is 3.71. The minimum Gasteiger partial charge on any atom is -0.504 e. The summed E-state index contributed by atoms with van der Waals surface area (Å²) in [6.45, 7) is 6.34. The number of alkyl carbamates (subject to hydrolysis) is 1. The molecule has 0 heterocycles. The lowest BCUT2D eigenvalue weighted by Crippen LogP contribution is -2.54. The highest BCUT2D eigenvalue weighted by molar-refractivity contribution is 5.84. The van der Waals surface area contributed by atoms with Gasteiger partial charge in [0.1, 0.15) is 11.1 Å². The largest absolute Gasteiger partial charge is 0.504 e. The van der Waals surface area contributed by atoms with Gasteiger partial charge in [-0.25, -0.2) is 9.59 Å². The first-order chi connectivity index (χ1) is 13.3. The first-order valence-corrected chi connectivity index (χ1v) is 9.83. The van der Waals surface area contributed by atoms with Gasteiger partial charge in [-0.2, -0.15) is 0 Å². The van der Waals surface area contributed by atoms with E-state index in [-0.39, 0.29) is 17.9 Å². The maximum absolute atomic E-state index is 11.8. The van der Waals surface area contributed by atoms with Crippen molar-refractivity contribution >= 4 is 12.1 Å². The summed E-state index contributed by atoms with van der Waals surface area (Å²) in [5.74, 6) is -1.91. The van der Waals surface area contributed by atoms with Gasteiger partial charge in [0.15, 0.2) is 11.5 Å². The van der Waals surface area contributed by atoms with Crippen LogP contribution in [-0.4, -0.2) is 44.6 Å². The van der Waals surface area contributed by atoms with Crippen LogP contribution in [0.5, 0.6) is 11.5 Å². The van der Waals surface area contributed by atoms with Gasteiger partial charge in [0.05, 0.1) is 0 Å². The fraction of sp³-hybridized carbons (Fsp3) is 0.619. The van der Waals surface area contributed by atoms with Gasteiger partial charge in [-0.3, -0.25) is 0 Å². The third kappa shape index (κ3) is 9.04. The van der Waals surface area contributed by atoms with Crippen LogP contribution in [0, 0.1) is 0 Å². The lowest BCUT2D eigenvalue weighted by Gasteiger charge is -2.28. The summed E-state index contributed by atoms with van der Waals surface area (Å²) in [7, 11) is 0. The van der Waals surface area contributed by atoms with Gasteiger partial charge in [-0.05, 0) is 58.2 Å². The molecule has 8 heteroatoms. The Balaban J connectivity index is 0.000000502. The number of ether oxygens (including phenoxy) is 1. The Kier molecular flexibility index (Phi) is 8.76. The standard InChI is InChI=1S/C15H21NO6.C6H13N/c1-14(2,3)22-13(21)16-15(4,12(19)20)8-9-5-6-10(17)11(18)7-9;7-6-4-2-1-3-5-6/h5-7,17-18H,8H2,1-4H3,(H,16,21)(H,19,20);6H,1-5,7H2/t15-;/m0./s1. The number of nitrogens with two attached hydrogens (primary N) is 1. The Morgan fingerprint density at radius 2 is 1.69 bits per heavy atom. The number of carbonyl (C=O) groups excluding carboxylic acids is 1. The predicted molar refractivity (Wildman–Crippen MR) is 110 cm³/mol. The molecule has 1 aromatic rings. The second-order valence-electron chi connectivity index (χ2n) is 8.66. The first-order valence-electron chi connectivity index (χ1n) is 9.83. The monoisotopic (exact) mass is 410 g/mol. The van der Waals surface area contributed by atoms with Gasteiger partial charge in [0, 0.05) is 12.5 Å². The predicted octanol–water partition coefficient (Wildman–Crippen LogP) is 3.29. The van der Waals surface area contributed by atoms with Crippen molar-refractivity contribution in [3.05, 3.63) is 23.8 Å². The summed E-state index contributed by atoms with van der Waals surface area (Å²) >= 11 is 0. The molecule has 1 aliphatic rings. The number of phenolic OH excluding ortho intramolecular Hbond substituents is 2. The zero-order valence-electron chi connectivity index (χ0n) is 17.7. The number of rotatable bonds is 4. The van der Waals surface area contributed by atoms with Gasteiger partial charge in [-0.15, -0.1) is 0 Å². The van der Waals surface area contributed by atoms with Crippen molar-refractivity contribution in [1.29, 1.82) is 0 Å². The lowest BCUT2D eigenvalue weighted by atomic mass is 9.93. The molecule has 0 spiro atoms. The third-order valence-electron chi connectivity index (χ3n) is 4.50. The second kappa shape index (κ2) is 10.3. The van der Waals surface area contributed by atoms with E-state index in [1.54, 1.807) is 20.8 Å². The highest BCUT2D eigenvalue weighted by atomic mass is 16.6. The highest BCUT2D eigenvalue weighted by Crippen LogP contribution is 2.27. The van der Waals surface area contributed by atoms with Crippen molar-refractivity contribution < 1.29 is 29.6 Å². The molecule has 1 fully saturated rings. The number of carbonyl (C=O) groups is 2. The van der Waals surface area contributed by atoms with E-state index in [0.717, 1.165) is 0 Å². The molecule has 8 nitrogen and oxygen atoms in total. The molecule has 1 atom stereocenters. The van der Waals surface area contributed by atoms with Gasteiger partial charge >= 0.3 is 12.1 Å². The molecule has 0 saturated heterocycles. The fourth-order valence-corrected chi connectivity index (χ4v) is 2.92. The van der Waals surface area contributed by atoms with Crippen LogP contribution in [0.4, 0.5) is 4.79 Å². The van der Waals surface area contributed by atoms with Crippen LogP contribution in [0.1, 0.15) is 65.4 Å². The molecule has 1 amide bonds. The second-order valence-corrected chi connectivity index (χ2v) is 8.66. The van der Waals surface area contributed by atoms with Gasteiger partial charge < -0.3 is 31.1 Å². The summed E-state index contributed by atoms with van der Waals surface area (Å²) in [4.78, 5) is 23.3. The van der Waals surface area contributed by atoms with Crippen LogP contribution >= 0.6 is 0 Å². The van der Waals surface area contributed by atoms with Gasteiger partial charge in [0.25, 0.3) is 0 Å². The molecule has 0 bridgehead atoms. The van der Waals surface area contributed by atoms with Gasteiger partial charge in [-0.1, -0.05) is 25.3 Å². The number of carboxylic acids is 1. The number of amides is 1. The number of benzene rings is 1. The summed E-state index contributed by atoms with van der Waals surface area (Å²) in [6.07, 6.45) is 5.73. The first kappa shape index (κ1) is 24.6. The number of nitrogens with one attached hydrogen (secondary N) is 1. The molecular formula is C21H34N2O6. The minimum absolute atomic E-state index is 0.0879. The van der Waals surface area contributed by atoms with Crippen LogP contribution < -0.4 is 11.1 Å². The van der Waals surface area contributed by atoms with Crippen molar-refractivity contribution in [3.8, 4) is 11.5 Å². The Labute approximate surface area is 172 Å². The highest BCUT2D eigenvalue weighted by Gasteiger charge is 2.36. The molecule has 0 aliphatic heterocycles. The average molecular weight is 411 g/mol. The number of hydrogen-bond donors (Lipinski definition) is 5. The maximum atomic E-state index is 11.8. The van der Waals surface area contributed by atoms with Crippen LogP contribution in [0.15, 0.2) is 18.2 Å². The number of hydrogen-bond acceptors (Lipinski definition) is 6. The number of aromatic hydroxyl groups is 2. The number of phenols is 2. The van der Waals surface area contributed by atoms with Crippen molar-refractivity contribution in [2.45, 2.75) is 83.4 Å². The van der Waals surface area contributed by atoms with E-state index < -0.39 is 23.2 Å². The topological polar surface area (TPSA) is 142 Å². The summed E-state index contributed by atoms with van der Waals surface area (Å²) < 4.78 is 5.06. The van der Waals surface area contributed by atoms with E-state index in [2.05, 4.69) is 5.32 Å². The molecule has 1 saturated carbocycles. The van der Waals surface area contributed by atoms with Crippen LogP contribution in [-0.2, 0) is 16.0 Å². The number of carboxylic acid groups (broad SMARTS) is 1. The molecule has 2 rings (SSSR count). The van der Waals surface area contributed by atoms with Crippen LogP contribution in [0.25, 0.3) is 0 Å². The zero-order valence-corrected chi connectivity index (χ0v) is 17.7. The summed E-state index contributed by atoms with van der Waals surface area (Å²) in [5, 5.41) is 30.4. The Morgan fingerprint density at radius 3 is 2.10 bits per heavy atom. The van der Waals surface area contributed by atoms with E-state index in [4.69, 9.17) is 10.5 Å². The van der Waals surface area contributed by atoms with E-state index in [9.17, 15) is 24.9 Å².